The largest absolute Gasteiger partial charge is 0.398 e. The fourth-order valence-electron chi connectivity index (χ4n) is 2.45. The minimum absolute atomic E-state index is 0.935. The Balaban J connectivity index is 1.76. The summed E-state index contributed by atoms with van der Waals surface area (Å²) in [5, 5.41) is 0. The number of anilines is 1. The van der Waals surface area contributed by atoms with Crippen LogP contribution in [-0.4, -0.2) is 11.4 Å². The SMILES string of the molecule is Nc1cccc2c1CN(Cc1ccc(Br)s1)CC2. The molecule has 0 atom stereocenters. The maximum absolute atomic E-state index is 6.07. The van der Waals surface area contributed by atoms with Crippen LogP contribution in [0.5, 0.6) is 0 Å². The predicted molar refractivity (Wildman–Crippen MR) is 80.7 cm³/mol. The summed E-state index contributed by atoms with van der Waals surface area (Å²) >= 11 is 5.32. The molecule has 0 radical (unpaired) electrons. The van der Waals surface area contributed by atoms with E-state index in [1.165, 1.54) is 19.8 Å². The lowest BCUT2D eigenvalue weighted by Gasteiger charge is -2.29. The summed E-state index contributed by atoms with van der Waals surface area (Å²) < 4.78 is 1.20. The molecule has 0 saturated heterocycles. The molecule has 2 N–H and O–H groups in total. The molecule has 4 heteroatoms. The van der Waals surface area contributed by atoms with Crippen molar-refractivity contribution in [1.82, 2.24) is 4.90 Å². The van der Waals surface area contributed by atoms with Gasteiger partial charge in [0.2, 0.25) is 0 Å². The van der Waals surface area contributed by atoms with Crippen molar-refractivity contribution in [2.24, 2.45) is 0 Å². The minimum Gasteiger partial charge on any atom is -0.398 e. The van der Waals surface area contributed by atoms with Crippen molar-refractivity contribution < 1.29 is 0 Å². The van der Waals surface area contributed by atoms with Crippen LogP contribution >= 0.6 is 27.3 Å². The van der Waals surface area contributed by atoms with E-state index in [2.05, 4.69) is 45.1 Å². The van der Waals surface area contributed by atoms with E-state index in [9.17, 15) is 0 Å². The van der Waals surface area contributed by atoms with Gasteiger partial charge in [0.1, 0.15) is 0 Å². The van der Waals surface area contributed by atoms with E-state index in [0.29, 0.717) is 0 Å². The standard InChI is InChI=1S/C14H15BrN2S/c15-14-5-4-11(18-14)8-17-7-6-10-2-1-3-13(16)12(10)9-17/h1-5H,6-9,16H2. The zero-order chi connectivity index (χ0) is 12.5. The van der Waals surface area contributed by atoms with Crippen LogP contribution in [0.15, 0.2) is 34.1 Å². The van der Waals surface area contributed by atoms with E-state index < -0.39 is 0 Å². The molecular formula is C14H15BrN2S. The Kier molecular flexibility index (Phi) is 3.41. The average Bonchev–Trinajstić information content (AvgIpc) is 2.76. The topological polar surface area (TPSA) is 29.3 Å². The Morgan fingerprint density at radius 1 is 1.28 bits per heavy atom. The zero-order valence-electron chi connectivity index (χ0n) is 10.0. The molecule has 0 bridgehead atoms. The summed E-state index contributed by atoms with van der Waals surface area (Å²) in [7, 11) is 0. The Morgan fingerprint density at radius 2 is 2.17 bits per heavy atom. The van der Waals surface area contributed by atoms with E-state index in [1.807, 2.05) is 17.4 Å². The third-order valence-corrected chi connectivity index (χ3v) is 5.01. The normalized spacial score (nSPS) is 15.6. The quantitative estimate of drug-likeness (QED) is 0.855. The number of nitrogens with zero attached hydrogens (tertiary/aromatic N) is 1. The maximum atomic E-state index is 6.07. The molecule has 3 rings (SSSR count). The third-order valence-electron chi connectivity index (χ3n) is 3.40. The number of fused-ring (bicyclic) bond motifs is 1. The molecule has 94 valence electrons. The number of hydrogen-bond acceptors (Lipinski definition) is 3. The molecule has 0 unspecified atom stereocenters. The molecule has 1 aliphatic rings. The highest BCUT2D eigenvalue weighted by atomic mass is 79.9. The van der Waals surface area contributed by atoms with Crippen molar-refractivity contribution in [3.05, 3.63) is 50.1 Å². The molecule has 1 aromatic carbocycles. The summed E-state index contributed by atoms with van der Waals surface area (Å²) in [6, 6.07) is 10.6. The van der Waals surface area contributed by atoms with Gasteiger partial charge in [0, 0.05) is 30.2 Å². The number of halogens is 1. The van der Waals surface area contributed by atoms with Crippen LogP contribution in [-0.2, 0) is 19.5 Å². The summed E-state index contributed by atoms with van der Waals surface area (Å²) in [5.74, 6) is 0. The number of benzene rings is 1. The molecule has 2 heterocycles. The van der Waals surface area contributed by atoms with Crippen LogP contribution in [0.25, 0.3) is 0 Å². The van der Waals surface area contributed by atoms with Crippen LogP contribution in [0, 0.1) is 0 Å². The summed E-state index contributed by atoms with van der Waals surface area (Å²) in [4.78, 5) is 3.87. The lowest BCUT2D eigenvalue weighted by molar-refractivity contribution is 0.248. The molecule has 0 amide bonds. The smallest absolute Gasteiger partial charge is 0.0701 e. The van der Waals surface area contributed by atoms with Gasteiger partial charge in [-0.15, -0.1) is 11.3 Å². The molecule has 1 aromatic heterocycles. The monoisotopic (exact) mass is 322 g/mol. The second kappa shape index (κ2) is 5.03. The van der Waals surface area contributed by atoms with Crippen LogP contribution in [0.1, 0.15) is 16.0 Å². The molecule has 0 aliphatic carbocycles. The van der Waals surface area contributed by atoms with Gasteiger partial charge in [-0.05, 0) is 51.7 Å². The van der Waals surface area contributed by atoms with Crippen molar-refractivity contribution in [2.75, 3.05) is 12.3 Å². The van der Waals surface area contributed by atoms with Gasteiger partial charge in [-0.25, -0.2) is 0 Å². The Morgan fingerprint density at radius 3 is 2.94 bits per heavy atom. The van der Waals surface area contributed by atoms with Gasteiger partial charge in [0.25, 0.3) is 0 Å². The maximum Gasteiger partial charge on any atom is 0.0701 e. The van der Waals surface area contributed by atoms with Gasteiger partial charge in [0.15, 0.2) is 0 Å². The molecular weight excluding hydrogens is 308 g/mol. The molecule has 0 saturated carbocycles. The highest BCUT2D eigenvalue weighted by Crippen LogP contribution is 2.28. The molecule has 1 aliphatic heterocycles. The summed E-state index contributed by atoms with van der Waals surface area (Å²) in [6.45, 7) is 3.10. The third kappa shape index (κ3) is 2.46. The van der Waals surface area contributed by atoms with E-state index >= 15 is 0 Å². The first-order valence-electron chi connectivity index (χ1n) is 6.05. The lowest BCUT2D eigenvalue weighted by atomic mass is 9.98. The first-order chi connectivity index (χ1) is 8.72. The van der Waals surface area contributed by atoms with Gasteiger partial charge < -0.3 is 5.73 Å². The Hall–Kier alpha value is -0.840. The first-order valence-corrected chi connectivity index (χ1v) is 7.66. The van der Waals surface area contributed by atoms with Crippen LogP contribution < -0.4 is 5.73 Å². The van der Waals surface area contributed by atoms with Crippen LogP contribution in [0.2, 0.25) is 0 Å². The average molecular weight is 323 g/mol. The van der Waals surface area contributed by atoms with E-state index in [1.54, 1.807) is 0 Å². The predicted octanol–water partition coefficient (Wildman–Crippen LogP) is 3.65. The van der Waals surface area contributed by atoms with Gasteiger partial charge in [-0.3, -0.25) is 4.90 Å². The van der Waals surface area contributed by atoms with Crippen LogP contribution in [0.4, 0.5) is 5.69 Å². The zero-order valence-corrected chi connectivity index (χ0v) is 12.4. The number of thiophene rings is 1. The summed E-state index contributed by atoms with van der Waals surface area (Å²) in [5.41, 5.74) is 9.74. The van der Waals surface area contributed by atoms with Crippen molar-refractivity contribution in [2.45, 2.75) is 19.5 Å². The van der Waals surface area contributed by atoms with Gasteiger partial charge in [-0.2, -0.15) is 0 Å². The number of rotatable bonds is 2. The highest BCUT2D eigenvalue weighted by Gasteiger charge is 2.18. The van der Waals surface area contributed by atoms with Crippen LogP contribution in [0.3, 0.4) is 0 Å². The molecule has 0 spiro atoms. The second-order valence-electron chi connectivity index (χ2n) is 4.65. The molecule has 18 heavy (non-hydrogen) atoms. The van der Waals surface area contributed by atoms with Crippen molar-refractivity contribution in [1.29, 1.82) is 0 Å². The van der Waals surface area contributed by atoms with Gasteiger partial charge in [0.05, 0.1) is 3.79 Å². The Labute approximate surface area is 120 Å². The summed E-state index contributed by atoms with van der Waals surface area (Å²) in [6.07, 6.45) is 1.10. The van der Waals surface area contributed by atoms with Crippen molar-refractivity contribution in [3.8, 4) is 0 Å². The fourth-order valence-corrected chi connectivity index (χ4v) is 3.98. The lowest BCUT2D eigenvalue weighted by Crippen LogP contribution is -2.30. The van der Waals surface area contributed by atoms with Gasteiger partial charge in [-0.1, -0.05) is 12.1 Å². The highest BCUT2D eigenvalue weighted by molar-refractivity contribution is 9.11. The number of hydrogen-bond donors (Lipinski definition) is 1. The first kappa shape index (κ1) is 12.2. The van der Waals surface area contributed by atoms with E-state index in [4.69, 9.17) is 5.73 Å². The van der Waals surface area contributed by atoms with Crippen molar-refractivity contribution in [3.63, 3.8) is 0 Å². The minimum atomic E-state index is 0.935. The van der Waals surface area contributed by atoms with Crippen molar-refractivity contribution >= 4 is 33.0 Å². The molecule has 0 fully saturated rings. The van der Waals surface area contributed by atoms with E-state index in [-0.39, 0.29) is 0 Å². The number of nitrogens with two attached hydrogens (primary N) is 1. The fraction of sp³-hybridized carbons (Fsp3) is 0.286. The second-order valence-corrected chi connectivity index (χ2v) is 7.20. The molecule has 2 nitrogen and oxygen atoms in total. The Bertz CT molecular complexity index is 565. The van der Waals surface area contributed by atoms with E-state index in [0.717, 1.165) is 31.7 Å². The number of nitrogen functional groups attached to an aromatic ring is 1. The van der Waals surface area contributed by atoms with Gasteiger partial charge >= 0.3 is 0 Å². The molecule has 2 aromatic rings.